The number of aromatic amines is 1. The predicted octanol–water partition coefficient (Wildman–Crippen LogP) is 3.32. The van der Waals surface area contributed by atoms with Gasteiger partial charge in [0, 0.05) is 57.6 Å². The molecule has 3 heterocycles. The van der Waals surface area contributed by atoms with Gasteiger partial charge in [0.05, 0.1) is 33.7 Å². The first kappa shape index (κ1) is 24.0. The lowest BCUT2D eigenvalue weighted by atomic mass is 10.1. The second-order valence-corrected chi connectivity index (χ2v) is 10.1. The average Bonchev–Trinajstić information content (AvgIpc) is 3.33. The Kier molecular flexibility index (Phi) is 5.80. The Balaban J connectivity index is 1.46. The molecule has 9 heteroatoms. The lowest BCUT2D eigenvalue weighted by Crippen LogP contribution is -2.44. The number of benzene rings is 3. The number of fused-ring (bicyclic) bond motifs is 2. The number of nitrogens with zero attached hydrogens (tertiary/aromatic N) is 6. The lowest BCUT2D eigenvalue weighted by Gasteiger charge is -2.34. The molecule has 6 rings (SSSR count). The number of aryl methyl sites for hydroxylation is 3. The van der Waals surface area contributed by atoms with E-state index < -0.39 is 0 Å². The summed E-state index contributed by atoms with van der Waals surface area (Å²) < 4.78 is 4.89. The maximum absolute atomic E-state index is 13.6. The molecule has 38 heavy (non-hydrogen) atoms. The molecule has 0 bridgehead atoms. The summed E-state index contributed by atoms with van der Waals surface area (Å²) >= 11 is 0. The van der Waals surface area contributed by atoms with Crippen LogP contribution in [-0.2, 0) is 14.1 Å². The van der Waals surface area contributed by atoms with Gasteiger partial charge in [-0.25, -0.2) is 9.48 Å². The highest BCUT2D eigenvalue weighted by molar-refractivity contribution is 5.92. The molecule has 0 saturated carbocycles. The van der Waals surface area contributed by atoms with Gasteiger partial charge in [0.1, 0.15) is 0 Å². The highest BCUT2D eigenvalue weighted by Crippen LogP contribution is 2.34. The zero-order valence-corrected chi connectivity index (χ0v) is 22.1. The van der Waals surface area contributed by atoms with Crippen LogP contribution in [0.1, 0.15) is 11.3 Å². The minimum atomic E-state index is -0.156. The van der Waals surface area contributed by atoms with Crippen molar-refractivity contribution in [1.82, 2.24) is 23.8 Å². The zero-order valence-electron chi connectivity index (χ0n) is 22.1. The highest BCUT2D eigenvalue weighted by atomic mass is 16.1. The van der Waals surface area contributed by atoms with Gasteiger partial charge in [0.25, 0.3) is 5.56 Å². The van der Waals surface area contributed by atoms with Crippen molar-refractivity contribution < 1.29 is 0 Å². The van der Waals surface area contributed by atoms with Gasteiger partial charge >= 0.3 is 5.69 Å². The molecule has 0 unspecified atom stereocenters. The largest absolute Gasteiger partial charge is 0.367 e. The van der Waals surface area contributed by atoms with E-state index in [1.165, 1.54) is 0 Å². The summed E-state index contributed by atoms with van der Waals surface area (Å²) in [5.41, 5.74) is 5.18. The van der Waals surface area contributed by atoms with Crippen molar-refractivity contribution in [2.24, 2.45) is 19.1 Å². The number of H-pyrrole nitrogens is 1. The summed E-state index contributed by atoms with van der Waals surface area (Å²) in [6.45, 7) is 5.50. The van der Waals surface area contributed by atoms with Crippen molar-refractivity contribution in [2.75, 3.05) is 38.1 Å². The molecule has 1 aliphatic heterocycles. The van der Waals surface area contributed by atoms with E-state index in [-0.39, 0.29) is 11.2 Å². The number of anilines is 1. The summed E-state index contributed by atoms with van der Waals surface area (Å²) in [6.07, 6.45) is 1.65. The molecule has 2 aromatic heterocycles. The van der Waals surface area contributed by atoms with Crippen molar-refractivity contribution in [2.45, 2.75) is 6.92 Å². The van der Waals surface area contributed by atoms with Crippen molar-refractivity contribution in [3.8, 4) is 5.69 Å². The summed E-state index contributed by atoms with van der Waals surface area (Å²) in [6, 6.07) is 17.9. The Labute approximate surface area is 219 Å². The molecule has 194 valence electrons. The quantitative estimate of drug-likeness (QED) is 0.377. The fraction of sp³-hybridized carbons (Fsp3) is 0.276. The molecule has 9 nitrogen and oxygen atoms in total. The number of nitrogens with one attached hydrogen (secondary N) is 1. The average molecular weight is 510 g/mol. The van der Waals surface area contributed by atoms with Crippen LogP contribution >= 0.6 is 0 Å². The second kappa shape index (κ2) is 9.18. The third-order valence-corrected chi connectivity index (χ3v) is 7.67. The Morgan fingerprint density at radius 3 is 2.29 bits per heavy atom. The molecule has 1 saturated heterocycles. The third kappa shape index (κ3) is 3.86. The summed E-state index contributed by atoms with van der Waals surface area (Å²) in [5.74, 6) is 0. The Morgan fingerprint density at radius 2 is 1.53 bits per heavy atom. The van der Waals surface area contributed by atoms with Gasteiger partial charge in [-0.15, -0.1) is 0 Å². The van der Waals surface area contributed by atoms with Crippen LogP contribution in [0.3, 0.4) is 0 Å². The minimum Gasteiger partial charge on any atom is -0.367 e. The number of hydrogen-bond acceptors (Lipinski definition) is 5. The number of aromatic nitrogens is 4. The number of imidazole rings is 1. The van der Waals surface area contributed by atoms with Gasteiger partial charge in [0.2, 0.25) is 0 Å². The van der Waals surface area contributed by atoms with Crippen molar-refractivity contribution in [1.29, 1.82) is 0 Å². The fourth-order valence-electron chi connectivity index (χ4n) is 5.35. The normalized spacial score (nSPS) is 14.9. The van der Waals surface area contributed by atoms with Gasteiger partial charge < -0.3 is 9.80 Å². The van der Waals surface area contributed by atoms with Crippen LogP contribution < -0.4 is 16.1 Å². The van der Waals surface area contributed by atoms with E-state index in [4.69, 9.17) is 4.99 Å². The Morgan fingerprint density at radius 1 is 0.842 bits per heavy atom. The molecule has 0 radical (unpaired) electrons. The van der Waals surface area contributed by atoms with E-state index in [9.17, 15) is 9.59 Å². The first-order chi connectivity index (χ1) is 18.3. The first-order valence-electron chi connectivity index (χ1n) is 12.8. The van der Waals surface area contributed by atoms with Gasteiger partial charge in [0.15, 0.2) is 0 Å². The Bertz CT molecular complexity index is 1820. The molecule has 0 aliphatic carbocycles. The molecular formula is C29H31N7O2. The van der Waals surface area contributed by atoms with Crippen LogP contribution in [-0.4, -0.2) is 63.3 Å². The van der Waals surface area contributed by atoms with Crippen molar-refractivity contribution in [3.63, 3.8) is 0 Å². The summed E-state index contributed by atoms with van der Waals surface area (Å²) in [5, 5.41) is 5.30. The molecule has 5 aromatic rings. The standard InChI is InChI=1S/C29H31N7O2/c1-19-22(28(37)36(31-19)24-11-7-9-20-8-5-6-10-21(20)24)18-30-23-16-26-27(34(4)29(38)33(26)3)17-25(23)35-14-12-32(2)13-15-35/h5-11,16-18,31H,12-15H2,1-4H3. The maximum atomic E-state index is 13.6. The topological polar surface area (TPSA) is 83.6 Å². The third-order valence-electron chi connectivity index (χ3n) is 7.67. The molecule has 1 aliphatic rings. The zero-order chi connectivity index (χ0) is 26.6. The van der Waals surface area contributed by atoms with Crippen LogP contribution in [0.4, 0.5) is 11.4 Å². The molecule has 0 atom stereocenters. The second-order valence-electron chi connectivity index (χ2n) is 10.1. The maximum Gasteiger partial charge on any atom is 0.328 e. The summed E-state index contributed by atoms with van der Waals surface area (Å²) in [7, 11) is 5.68. The first-order valence-corrected chi connectivity index (χ1v) is 12.8. The van der Waals surface area contributed by atoms with Gasteiger partial charge in [-0.1, -0.05) is 36.4 Å². The predicted molar refractivity (Wildman–Crippen MR) is 154 cm³/mol. The summed E-state index contributed by atoms with van der Waals surface area (Å²) in [4.78, 5) is 35.7. The monoisotopic (exact) mass is 509 g/mol. The van der Waals surface area contributed by atoms with Gasteiger partial charge in [-0.2, -0.15) is 0 Å². The molecule has 1 fully saturated rings. The minimum absolute atomic E-state index is 0.0788. The van der Waals surface area contributed by atoms with Crippen LogP contribution in [0.25, 0.3) is 27.5 Å². The fourth-order valence-corrected chi connectivity index (χ4v) is 5.35. The molecule has 1 N–H and O–H groups in total. The van der Waals surface area contributed by atoms with E-state index in [1.807, 2.05) is 61.5 Å². The molecule has 3 aromatic carbocycles. The van der Waals surface area contributed by atoms with Gasteiger partial charge in [-0.05, 0) is 37.6 Å². The van der Waals surface area contributed by atoms with E-state index in [0.29, 0.717) is 5.56 Å². The van der Waals surface area contributed by atoms with E-state index in [1.54, 1.807) is 34.1 Å². The number of piperazine rings is 1. The number of likely N-dealkylation sites (N-methyl/N-ethyl adjacent to an activating group) is 1. The van der Waals surface area contributed by atoms with E-state index in [2.05, 4.69) is 21.9 Å². The van der Waals surface area contributed by atoms with Crippen LogP contribution in [0.5, 0.6) is 0 Å². The Hall–Kier alpha value is -4.37. The molecule has 0 spiro atoms. The van der Waals surface area contributed by atoms with E-state index >= 15 is 0 Å². The van der Waals surface area contributed by atoms with Crippen LogP contribution in [0, 0.1) is 6.92 Å². The van der Waals surface area contributed by atoms with Crippen LogP contribution in [0.15, 0.2) is 69.2 Å². The van der Waals surface area contributed by atoms with Crippen molar-refractivity contribution in [3.05, 3.63) is 86.7 Å². The lowest BCUT2D eigenvalue weighted by molar-refractivity contribution is 0.313. The molecular weight excluding hydrogens is 478 g/mol. The molecule has 0 amide bonds. The highest BCUT2D eigenvalue weighted by Gasteiger charge is 2.20. The number of aliphatic imine (C=N–C) groups is 1. The smallest absolute Gasteiger partial charge is 0.328 e. The number of rotatable bonds is 4. The SMILES string of the molecule is Cc1[nH]n(-c2cccc3ccccc23)c(=O)c1C=Nc1cc2c(cc1N1CCN(C)CC1)n(C)c(=O)n2C. The van der Waals surface area contributed by atoms with Crippen molar-refractivity contribution >= 4 is 39.4 Å². The van der Waals surface area contributed by atoms with Gasteiger partial charge in [-0.3, -0.25) is 24.0 Å². The van der Waals surface area contributed by atoms with Crippen LogP contribution in [0.2, 0.25) is 0 Å². The number of hydrogen-bond donors (Lipinski definition) is 1. The van der Waals surface area contributed by atoms with E-state index in [0.717, 1.165) is 70.7 Å².